The number of halogens is 2. The van der Waals surface area contributed by atoms with Gasteiger partial charge in [0.15, 0.2) is 0 Å². The summed E-state index contributed by atoms with van der Waals surface area (Å²) in [5.41, 5.74) is 0.374. The molecule has 0 saturated carbocycles. The zero-order chi connectivity index (χ0) is 11.4. The van der Waals surface area contributed by atoms with Crippen molar-refractivity contribution in [1.29, 1.82) is 0 Å². The largest absolute Gasteiger partial charge is 0.389 e. The van der Waals surface area contributed by atoms with E-state index < -0.39 is 12.2 Å². The van der Waals surface area contributed by atoms with Crippen LogP contribution < -0.4 is 5.32 Å². The zero-order valence-corrected chi connectivity index (χ0v) is 9.63. The number of likely N-dealkylation sites (N-methyl/N-ethyl adjacent to an activating group) is 1. The van der Waals surface area contributed by atoms with Crippen molar-refractivity contribution in [2.45, 2.75) is 12.2 Å². The van der Waals surface area contributed by atoms with Crippen LogP contribution in [-0.2, 0) is 0 Å². The highest BCUT2D eigenvalue weighted by atomic mass is 35.5. The Bertz CT molecular complexity index is 336. The number of aliphatic hydroxyl groups excluding tert-OH is 2. The maximum atomic E-state index is 9.76. The van der Waals surface area contributed by atoms with E-state index in [1.54, 1.807) is 7.05 Å². The van der Waals surface area contributed by atoms with Crippen LogP contribution in [0.1, 0.15) is 11.7 Å². The minimum absolute atomic E-state index is 0.116. The Kier molecular flexibility index (Phi) is 4.76. The van der Waals surface area contributed by atoms with Crippen molar-refractivity contribution < 1.29 is 10.2 Å². The molecule has 6 heteroatoms. The molecular weight excluding hydrogens is 239 g/mol. The van der Waals surface area contributed by atoms with Crippen LogP contribution in [0.5, 0.6) is 0 Å². The molecule has 0 aliphatic rings. The quantitative estimate of drug-likeness (QED) is 0.698. The molecule has 1 rings (SSSR count). The van der Waals surface area contributed by atoms with E-state index in [4.69, 9.17) is 23.2 Å². The normalized spacial score (nSPS) is 15.0. The van der Waals surface area contributed by atoms with Gasteiger partial charge in [-0.05, 0) is 13.1 Å². The van der Waals surface area contributed by atoms with Crippen LogP contribution in [0, 0.1) is 0 Å². The van der Waals surface area contributed by atoms with Crippen molar-refractivity contribution >= 4 is 23.2 Å². The Morgan fingerprint density at radius 3 is 2.73 bits per heavy atom. The van der Waals surface area contributed by atoms with E-state index in [1.165, 1.54) is 12.3 Å². The first-order valence-corrected chi connectivity index (χ1v) is 5.14. The van der Waals surface area contributed by atoms with Crippen molar-refractivity contribution in [2.24, 2.45) is 0 Å². The molecule has 84 valence electrons. The van der Waals surface area contributed by atoms with E-state index in [2.05, 4.69) is 10.3 Å². The molecule has 1 aromatic rings. The fourth-order valence-electron chi connectivity index (χ4n) is 1.19. The first kappa shape index (κ1) is 12.7. The minimum Gasteiger partial charge on any atom is -0.389 e. The molecule has 0 bridgehead atoms. The first-order chi connectivity index (χ1) is 7.07. The van der Waals surface area contributed by atoms with E-state index in [1.807, 2.05) is 0 Å². The summed E-state index contributed by atoms with van der Waals surface area (Å²) in [6.45, 7) is 0.261. The third-order valence-corrected chi connectivity index (χ3v) is 2.75. The van der Waals surface area contributed by atoms with Crippen LogP contribution in [-0.4, -0.2) is 34.9 Å². The average molecular weight is 251 g/mol. The molecule has 0 amide bonds. The lowest BCUT2D eigenvalue weighted by molar-refractivity contribution is 0.0202. The number of rotatable bonds is 4. The standard InChI is InChI=1S/C9H12Cl2N2O2/c1-12-4-6(14)8(15)5-2-3-13-9(11)7(5)10/h2-3,6,8,12,14-15H,4H2,1H3. The van der Waals surface area contributed by atoms with Crippen molar-refractivity contribution in [3.8, 4) is 0 Å². The number of nitrogens with zero attached hydrogens (tertiary/aromatic N) is 1. The van der Waals surface area contributed by atoms with Crippen LogP contribution in [0.25, 0.3) is 0 Å². The van der Waals surface area contributed by atoms with E-state index in [0.29, 0.717) is 5.56 Å². The highest BCUT2D eigenvalue weighted by molar-refractivity contribution is 6.41. The second-order valence-corrected chi connectivity index (χ2v) is 3.81. The smallest absolute Gasteiger partial charge is 0.147 e. The SMILES string of the molecule is CNCC(O)C(O)c1ccnc(Cl)c1Cl. The number of nitrogens with one attached hydrogen (secondary N) is 1. The lowest BCUT2D eigenvalue weighted by Crippen LogP contribution is -2.29. The van der Waals surface area contributed by atoms with E-state index >= 15 is 0 Å². The molecule has 0 aliphatic carbocycles. The van der Waals surface area contributed by atoms with Gasteiger partial charge < -0.3 is 15.5 Å². The Morgan fingerprint density at radius 2 is 2.13 bits per heavy atom. The summed E-state index contributed by atoms with van der Waals surface area (Å²) in [7, 11) is 1.68. The van der Waals surface area contributed by atoms with Gasteiger partial charge in [0.25, 0.3) is 0 Å². The summed E-state index contributed by atoms with van der Waals surface area (Å²) < 4.78 is 0. The summed E-state index contributed by atoms with van der Waals surface area (Å²) in [6.07, 6.45) is -0.588. The van der Waals surface area contributed by atoms with Crippen LogP contribution in [0.2, 0.25) is 10.2 Å². The van der Waals surface area contributed by atoms with Crippen molar-refractivity contribution in [3.05, 3.63) is 28.0 Å². The van der Waals surface area contributed by atoms with Crippen LogP contribution in [0.3, 0.4) is 0 Å². The van der Waals surface area contributed by atoms with Crippen molar-refractivity contribution in [2.75, 3.05) is 13.6 Å². The van der Waals surface area contributed by atoms with Gasteiger partial charge in [-0.1, -0.05) is 23.2 Å². The molecule has 0 radical (unpaired) electrons. The van der Waals surface area contributed by atoms with E-state index in [9.17, 15) is 10.2 Å². The summed E-state index contributed by atoms with van der Waals surface area (Å²) in [5, 5.41) is 22.4. The number of aliphatic hydroxyl groups is 2. The maximum Gasteiger partial charge on any atom is 0.147 e. The lowest BCUT2D eigenvalue weighted by atomic mass is 10.1. The Morgan fingerprint density at radius 1 is 1.47 bits per heavy atom. The second-order valence-electron chi connectivity index (χ2n) is 3.07. The van der Waals surface area contributed by atoms with Gasteiger partial charge in [-0.15, -0.1) is 0 Å². The molecule has 1 heterocycles. The molecule has 2 unspecified atom stereocenters. The highest BCUT2D eigenvalue weighted by Gasteiger charge is 2.21. The molecule has 0 aliphatic heterocycles. The van der Waals surface area contributed by atoms with Crippen LogP contribution in [0.15, 0.2) is 12.3 Å². The number of pyridine rings is 1. The molecule has 2 atom stereocenters. The van der Waals surface area contributed by atoms with Gasteiger partial charge in [0.05, 0.1) is 11.1 Å². The fraction of sp³-hybridized carbons (Fsp3) is 0.444. The van der Waals surface area contributed by atoms with Crippen molar-refractivity contribution in [1.82, 2.24) is 10.3 Å². The summed E-state index contributed by atoms with van der Waals surface area (Å²) in [6, 6.07) is 1.53. The maximum absolute atomic E-state index is 9.76. The third-order valence-electron chi connectivity index (χ3n) is 1.97. The number of aromatic nitrogens is 1. The van der Waals surface area contributed by atoms with Gasteiger partial charge in [-0.2, -0.15) is 0 Å². The summed E-state index contributed by atoms with van der Waals surface area (Å²) >= 11 is 11.5. The summed E-state index contributed by atoms with van der Waals surface area (Å²) in [5.74, 6) is 0. The van der Waals surface area contributed by atoms with Gasteiger partial charge in [0, 0.05) is 18.3 Å². The highest BCUT2D eigenvalue weighted by Crippen LogP contribution is 2.29. The topological polar surface area (TPSA) is 65.4 Å². The molecular formula is C9H12Cl2N2O2. The molecule has 15 heavy (non-hydrogen) atoms. The number of hydrogen-bond donors (Lipinski definition) is 3. The predicted octanol–water partition coefficient (Wildman–Crippen LogP) is 1.00. The molecule has 0 aromatic carbocycles. The minimum atomic E-state index is -1.08. The molecule has 0 saturated heterocycles. The van der Waals surface area contributed by atoms with Crippen molar-refractivity contribution in [3.63, 3.8) is 0 Å². The molecule has 1 aromatic heterocycles. The predicted molar refractivity (Wildman–Crippen MR) is 59.2 cm³/mol. The van der Waals surface area contributed by atoms with Gasteiger partial charge in [0.2, 0.25) is 0 Å². The van der Waals surface area contributed by atoms with Crippen LogP contribution in [0.4, 0.5) is 0 Å². The van der Waals surface area contributed by atoms with Gasteiger partial charge >= 0.3 is 0 Å². The molecule has 0 fully saturated rings. The Balaban J connectivity index is 2.90. The Hall–Kier alpha value is -0.390. The van der Waals surface area contributed by atoms with E-state index in [-0.39, 0.29) is 16.7 Å². The van der Waals surface area contributed by atoms with Gasteiger partial charge in [-0.25, -0.2) is 4.98 Å². The average Bonchev–Trinajstić information content (AvgIpc) is 2.21. The third kappa shape index (κ3) is 3.03. The fourth-order valence-corrected chi connectivity index (χ4v) is 1.58. The van der Waals surface area contributed by atoms with Gasteiger partial charge in [-0.3, -0.25) is 0 Å². The molecule has 4 nitrogen and oxygen atoms in total. The van der Waals surface area contributed by atoms with Gasteiger partial charge in [0.1, 0.15) is 11.3 Å². The monoisotopic (exact) mass is 250 g/mol. The molecule has 0 spiro atoms. The second kappa shape index (κ2) is 5.63. The summed E-state index contributed by atoms with van der Waals surface area (Å²) in [4.78, 5) is 3.75. The Labute approximate surface area is 97.9 Å². The van der Waals surface area contributed by atoms with E-state index in [0.717, 1.165) is 0 Å². The van der Waals surface area contributed by atoms with Crippen LogP contribution >= 0.6 is 23.2 Å². The first-order valence-electron chi connectivity index (χ1n) is 4.38. The lowest BCUT2D eigenvalue weighted by Gasteiger charge is -2.18. The molecule has 3 N–H and O–H groups in total. The zero-order valence-electron chi connectivity index (χ0n) is 8.11. The number of hydrogen-bond acceptors (Lipinski definition) is 4.